The maximum Gasteiger partial charge on any atom is 0.234 e. The van der Waals surface area contributed by atoms with Gasteiger partial charge in [-0.1, -0.05) is 59.2 Å². The number of hydrogen-bond acceptors (Lipinski definition) is 5. The number of allylic oxidation sites excluding steroid dienone is 1. The van der Waals surface area contributed by atoms with Crippen molar-refractivity contribution in [2.75, 3.05) is 11.1 Å². The molecular formula is C20H18Cl2N4O2S. The monoisotopic (exact) mass is 448 g/mol. The van der Waals surface area contributed by atoms with Crippen molar-refractivity contribution in [1.29, 1.82) is 0 Å². The topological polar surface area (TPSA) is 69.0 Å². The molecule has 0 bridgehead atoms. The third kappa shape index (κ3) is 6.00. The number of hydrogen-bond donors (Lipinski definition) is 1. The second-order valence-corrected chi connectivity index (χ2v) is 7.65. The summed E-state index contributed by atoms with van der Waals surface area (Å²) in [6.45, 7) is 4.42. The van der Waals surface area contributed by atoms with Crippen LogP contribution in [-0.4, -0.2) is 26.4 Å². The van der Waals surface area contributed by atoms with Crippen molar-refractivity contribution in [3.05, 3.63) is 77.1 Å². The van der Waals surface area contributed by atoms with Crippen LogP contribution in [0.2, 0.25) is 10.0 Å². The van der Waals surface area contributed by atoms with Crippen molar-refractivity contribution in [3.63, 3.8) is 0 Å². The van der Waals surface area contributed by atoms with Crippen LogP contribution < -0.4 is 10.1 Å². The van der Waals surface area contributed by atoms with E-state index < -0.39 is 0 Å². The number of carbonyl (C=O) groups is 1. The molecule has 0 saturated heterocycles. The maximum absolute atomic E-state index is 12.2. The fraction of sp³-hybridized carbons (Fsp3) is 0.150. The van der Waals surface area contributed by atoms with E-state index in [-0.39, 0.29) is 18.3 Å². The third-order valence-electron chi connectivity index (χ3n) is 3.75. The lowest BCUT2D eigenvalue weighted by molar-refractivity contribution is -0.113. The number of halogens is 2. The summed E-state index contributed by atoms with van der Waals surface area (Å²) in [5, 5.41) is 12.7. The van der Waals surface area contributed by atoms with E-state index >= 15 is 0 Å². The van der Waals surface area contributed by atoms with Crippen LogP contribution in [0.25, 0.3) is 0 Å². The Bertz CT molecular complexity index is 995. The summed E-state index contributed by atoms with van der Waals surface area (Å²) in [5.74, 6) is 1.18. The molecular weight excluding hydrogens is 431 g/mol. The second-order valence-electron chi connectivity index (χ2n) is 5.86. The molecule has 0 spiro atoms. The Hall–Kier alpha value is -2.48. The van der Waals surface area contributed by atoms with E-state index in [0.29, 0.717) is 33.3 Å². The first-order valence-corrected chi connectivity index (χ1v) is 10.4. The van der Waals surface area contributed by atoms with E-state index in [1.165, 1.54) is 11.8 Å². The molecule has 0 unspecified atom stereocenters. The number of ether oxygens (including phenoxy) is 1. The number of rotatable bonds is 9. The minimum Gasteiger partial charge on any atom is -0.484 e. The molecule has 0 aliphatic carbocycles. The summed E-state index contributed by atoms with van der Waals surface area (Å²) < 4.78 is 7.59. The Morgan fingerprint density at radius 1 is 1.21 bits per heavy atom. The lowest BCUT2D eigenvalue weighted by Crippen LogP contribution is -2.15. The number of aromatic nitrogens is 3. The summed E-state index contributed by atoms with van der Waals surface area (Å²) in [6, 6.07) is 14.3. The Balaban J connectivity index is 1.63. The van der Waals surface area contributed by atoms with Gasteiger partial charge in [-0.25, -0.2) is 0 Å². The van der Waals surface area contributed by atoms with Crippen LogP contribution in [-0.2, 0) is 17.9 Å². The van der Waals surface area contributed by atoms with Gasteiger partial charge in [0.15, 0.2) is 11.0 Å². The molecule has 6 nitrogen and oxygen atoms in total. The van der Waals surface area contributed by atoms with Crippen molar-refractivity contribution >= 4 is 46.6 Å². The highest BCUT2D eigenvalue weighted by atomic mass is 35.5. The molecule has 0 saturated carbocycles. The molecule has 0 fully saturated rings. The zero-order valence-corrected chi connectivity index (χ0v) is 17.7. The van der Waals surface area contributed by atoms with Gasteiger partial charge in [-0.05, 0) is 30.3 Å². The molecule has 0 radical (unpaired) electrons. The van der Waals surface area contributed by atoms with Crippen molar-refractivity contribution in [2.24, 2.45) is 0 Å². The summed E-state index contributed by atoms with van der Waals surface area (Å²) in [5.41, 5.74) is 0.750. The van der Waals surface area contributed by atoms with Crippen LogP contribution in [0.4, 0.5) is 5.69 Å². The zero-order valence-electron chi connectivity index (χ0n) is 15.3. The van der Waals surface area contributed by atoms with Crippen molar-refractivity contribution in [1.82, 2.24) is 14.8 Å². The van der Waals surface area contributed by atoms with Crippen molar-refractivity contribution in [3.8, 4) is 5.75 Å². The summed E-state index contributed by atoms with van der Waals surface area (Å²) in [6.07, 6.45) is 1.73. The third-order valence-corrected chi connectivity index (χ3v) is 5.24. The van der Waals surface area contributed by atoms with Gasteiger partial charge in [0, 0.05) is 17.3 Å². The number of amides is 1. The largest absolute Gasteiger partial charge is 0.484 e. The molecule has 2 aromatic carbocycles. The van der Waals surface area contributed by atoms with Crippen LogP contribution in [0.1, 0.15) is 5.82 Å². The number of benzene rings is 2. The Morgan fingerprint density at radius 2 is 2.00 bits per heavy atom. The van der Waals surface area contributed by atoms with Crippen LogP contribution in [0.15, 0.2) is 66.3 Å². The standard InChI is InChI=1S/C20H18Cl2N4O2S/c1-2-10-26-18(12-28-17-9-8-14(21)11-16(17)22)24-25-20(26)29-13-19(27)23-15-6-4-3-5-7-15/h2-9,11H,1,10,12-13H2,(H,23,27). The second kappa shape index (κ2) is 10.3. The summed E-state index contributed by atoms with van der Waals surface area (Å²) in [4.78, 5) is 12.2. The predicted octanol–water partition coefficient (Wildman–Crippen LogP) is 5.08. The number of carbonyl (C=O) groups excluding carboxylic acids is 1. The minimum atomic E-state index is -0.125. The van der Waals surface area contributed by atoms with E-state index in [2.05, 4.69) is 22.1 Å². The molecule has 9 heteroatoms. The van der Waals surface area contributed by atoms with Crippen molar-refractivity contribution in [2.45, 2.75) is 18.3 Å². The molecule has 1 heterocycles. The molecule has 0 aliphatic rings. The highest BCUT2D eigenvalue weighted by molar-refractivity contribution is 7.99. The molecule has 150 valence electrons. The smallest absolute Gasteiger partial charge is 0.234 e. The molecule has 0 aliphatic heterocycles. The highest BCUT2D eigenvalue weighted by Gasteiger charge is 2.15. The lowest BCUT2D eigenvalue weighted by atomic mass is 10.3. The number of thioether (sulfide) groups is 1. The van der Waals surface area contributed by atoms with Crippen LogP contribution in [0.3, 0.4) is 0 Å². The first-order valence-electron chi connectivity index (χ1n) is 8.65. The van der Waals surface area contributed by atoms with E-state index in [1.54, 1.807) is 24.3 Å². The first kappa shape index (κ1) is 21.2. The van der Waals surface area contributed by atoms with E-state index in [4.69, 9.17) is 27.9 Å². The van der Waals surface area contributed by atoms with E-state index in [1.807, 2.05) is 34.9 Å². The highest BCUT2D eigenvalue weighted by Crippen LogP contribution is 2.28. The molecule has 1 amide bonds. The van der Waals surface area contributed by atoms with E-state index in [9.17, 15) is 4.79 Å². The van der Waals surface area contributed by atoms with Gasteiger partial charge in [0.2, 0.25) is 5.91 Å². The van der Waals surface area contributed by atoms with E-state index in [0.717, 1.165) is 5.69 Å². The Morgan fingerprint density at radius 3 is 2.72 bits per heavy atom. The van der Waals surface area contributed by atoms with Gasteiger partial charge >= 0.3 is 0 Å². The lowest BCUT2D eigenvalue weighted by Gasteiger charge is -2.10. The van der Waals surface area contributed by atoms with Crippen molar-refractivity contribution < 1.29 is 9.53 Å². The summed E-state index contributed by atoms with van der Waals surface area (Å²) in [7, 11) is 0. The Labute approximate surface area is 182 Å². The first-order chi connectivity index (χ1) is 14.1. The van der Waals surface area contributed by atoms with Gasteiger partial charge in [-0.2, -0.15) is 0 Å². The molecule has 3 aromatic rings. The van der Waals surface area contributed by atoms with Crippen LogP contribution in [0, 0.1) is 0 Å². The van der Waals surface area contributed by atoms with Crippen LogP contribution >= 0.6 is 35.0 Å². The number of para-hydroxylation sites is 1. The fourth-order valence-corrected chi connectivity index (χ4v) is 3.66. The minimum absolute atomic E-state index is 0.125. The Kier molecular flexibility index (Phi) is 7.57. The molecule has 1 N–H and O–H groups in total. The number of nitrogens with zero attached hydrogens (tertiary/aromatic N) is 3. The fourth-order valence-electron chi connectivity index (χ4n) is 2.43. The van der Waals surface area contributed by atoms with Gasteiger partial charge in [0.05, 0.1) is 10.8 Å². The maximum atomic E-state index is 12.2. The zero-order chi connectivity index (χ0) is 20.6. The van der Waals surface area contributed by atoms with Crippen LogP contribution in [0.5, 0.6) is 5.75 Å². The number of nitrogens with one attached hydrogen (secondary N) is 1. The molecule has 1 aromatic heterocycles. The van der Waals surface area contributed by atoms with Gasteiger partial charge < -0.3 is 10.1 Å². The normalized spacial score (nSPS) is 10.6. The average Bonchev–Trinajstić information content (AvgIpc) is 3.08. The van der Waals surface area contributed by atoms with Gasteiger partial charge in [-0.3, -0.25) is 9.36 Å². The predicted molar refractivity (Wildman–Crippen MR) is 117 cm³/mol. The molecule has 29 heavy (non-hydrogen) atoms. The van der Waals surface area contributed by atoms with Gasteiger partial charge in [-0.15, -0.1) is 16.8 Å². The van der Waals surface area contributed by atoms with Gasteiger partial charge in [0.25, 0.3) is 0 Å². The number of anilines is 1. The average molecular weight is 449 g/mol. The quantitative estimate of drug-likeness (QED) is 0.365. The van der Waals surface area contributed by atoms with Gasteiger partial charge in [0.1, 0.15) is 12.4 Å². The SMILES string of the molecule is C=CCn1c(COc2ccc(Cl)cc2Cl)nnc1SCC(=O)Nc1ccccc1. The summed E-state index contributed by atoms with van der Waals surface area (Å²) >= 11 is 13.3. The molecule has 0 atom stereocenters. The molecule has 3 rings (SSSR count).